The van der Waals surface area contributed by atoms with Crippen LogP contribution in [0.25, 0.3) is 0 Å². The molecule has 1 aliphatic heterocycles. The molecule has 1 aliphatic rings. The van der Waals surface area contributed by atoms with Crippen LogP contribution in [0.15, 0.2) is 24.5 Å². The van der Waals surface area contributed by atoms with Crippen LogP contribution in [0.5, 0.6) is 5.75 Å². The number of nitrogens with one attached hydrogen (secondary N) is 1. The number of hydrogen-bond acceptors (Lipinski definition) is 4. The summed E-state index contributed by atoms with van der Waals surface area (Å²) in [6.07, 6.45) is 2.28. The number of nitrogens with zero attached hydrogens (tertiary/aromatic N) is 3. The summed E-state index contributed by atoms with van der Waals surface area (Å²) in [6.45, 7) is 3.52. The summed E-state index contributed by atoms with van der Waals surface area (Å²) in [5.41, 5.74) is 0.968. The molecule has 0 bridgehead atoms. The molecule has 0 unspecified atom stereocenters. The number of aryl methyl sites for hydroxylation is 1. The summed E-state index contributed by atoms with van der Waals surface area (Å²) >= 11 is 5.99. The lowest BCUT2D eigenvalue weighted by molar-refractivity contribution is -0.126. The van der Waals surface area contributed by atoms with Gasteiger partial charge in [0.1, 0.15) is 18.7 Å². The Hall–Kier alpha value is -2.08. The summed E-state index contributed by atoms with van der Waals surface area (Å²) in [7, 11) is 0. The van der Waals surface area contributed by atoms with Gasteiger partial charge in [0.2, 0.25) is 5.91 Å². The number of hydrogen-bond donors (Lipinski definition) is 1. The largest absolute Gasteiger partial charge is 0.492 e. The zero-order chi connectivity index (χ0) is 15.5. The van der Waals surface area contributed by atoms with Crippen LogP contribution in [-0.4, -0.2) is 27.3 Å². The first-order chi connectivity index (χ1) is 10.7. The Balaban J connectivity index is 1.62. The second-order valence-electron chi connectivity index (χ2n) is 5.22. The Bertz CT molecular complexity index is 686. The number of halogens is 1. The average Bonchev–Trinajstić information content (AvgIpc) is 2.99. The molecule has 0 saturated carbocycles. The molecule has 2 aromatic rings. The molecule has 1 aromatic carbocycles. The summed E-state index contributed by atoms with van der Waals surface area (Å²) in [6, 6.07) is 5.48. The lowest BCUT2D eigenvalue weighted by atomic mass is 9.96. The number of carbonyl (C=O) groups is 1. The van der Waals surface area contributed by atoms with Crippen LogP contribution in [0.2, 0.25) is 5.02 Å². The van der Waals surface area contributed by atoms with E-state index in [0.717, 1.165) is 23.7 Å². The monoisotopic (exact) mass is 320 g/mol. The van der Waals surface area contributed by atoms with Crippen LogP contribution < -0.4 is 10.1 Å². The predicted molar refractivity (Wildman–Crippen MR) is 81.7 cm³/mol. The fourth-order valence-corrected chi connectivity index (χ4v) is 2.72. The highest BCUT2D eigenvalue weighted by molar-refractivity contribution is 6.30. The SMILES string of the molecule is CCn1cnnc1CNC(=O)[C@H]1COc2ccc(Cl)cc2C1. The van der Waals surface area contributed by atoms with E-state index >= 15 is 0 Å². The van der Waals surface area contributed by atoms with Crippen molar-refractivity contribution in [3.63, 3.8) is 0 Å². The lowest BCUT2D eigenvalue weighted by Gasteiger charge is -2.24. The van der Waals surface area contributed by atoms with E-state index in [0.29, 0.717) is 24.6 Å². The van der Waals surface area contributed by atoms with Gasteiger partial charge in [0.25, 0.3) is 0 Å². The third-order valence-corrected chi connectivity index (χ3v) is 3.99. The first-order valence-electron chi connectivity index (χ1n) is 7.23. The van der Waals surface area contributed by atoms with E-state index in [2.05, 4.69) is 15.5 Å². The van der Waals surface area contributed by atoms with Crippen molar-refractivity contribution in [3.05, 3.63) is 40.9 Å². The summed E-state index contributed by atoms with van der Waals surface area (Å²) < 4.78 is 7.54. The van der Waals surface area contributed by atoms with E-state index in [9.17, 15) is 4.79 Å². The van der Waals surface area contributed by atoms with Crippen molar-refractivity contribution in [2.24, 2.45) is 5.92 Å². The molecule has 0 saturated heterocycles. The Morgan fingerprint density at radius 1 is 1.55 bits per heavy atom. The molecule has 22 heavy (non-hydrogen) atoms. The first kappa shape index (κ1) is 14.8. The van der Waals surface area contributed by atoms with Crippen molar-refractivity contribution in [3.8, 4) is 5.75 Å². The Morgan fingerprint density at radius 2 is 2.41 bits per heavy atom. The minimum Gasteiger partial charge on any atom is -0.492 e. The predicted octanol–water partition coefficient (Wildman–Crippen LogP) is 1.82. The van der Waals surface area contributed by atoms with Crippen LogP contribution in [-0.2, 0) is 24.3 Å². The van der Waals surface area contributed by atoms with Gasteiger partial charge in [-0.2, -0.15) is 0 Å². The summed E-state index contributed by atoms with van der Waals surface area (Å²) in [5, 5.41) is 11.4. The third kappa shape index (κ3) is 3.06. The summed E-state index contributed by atoms with van der Waals surface area (Å²) in [5.74, 6) is 1.29. The molecule has 1 aromatic heterocycles. The number of aromatic nitrogens is 3. The Kier molecular flexibility index (Phi) is 4.29. The molecule has 2 heterocycles. The smallest absolute Gasteiger partial charge is 0.227 e. The molecule has 116 valence electrons. The zero-order valence-corrected chi connectivity index (χ0v) is 13.0. The molecule has 1 N–H and O–H groups in total. The van der Waals surface area contributed by atoms with E-state index in [-0.39, 0.29) is 11.8 Å². The van der Waals surface area contributed by atoms with E-state index < -0.39 is 0 Å². The van der Waals surface area contributed by atoms with Gasteiger partial charge in [-0.25, -0.2) is 0 Å². The van der Waals surface area contributed by atoms with Gasteiger partial charge in [-0.3, -0.25) is 4.79 Å². The maximum Gasteiger partial charge on any atom is 0.227 e. The molecule has 0 radical (unpaired) electrons. The van der Waals surface area contributed by atoms with Crippen LogP contribution in [0.4, 0.5) is 0 Å². The fraction of sp³-hybridized carbons (Fsp3) is 0.400. The van der Waals surface area contributed by atoms with Gasteiger partial charge >= 0.3 is 0 Å². The van der Waals surface area contributed by atoms with Crippen LogP contribution in [0, 0.1) is 5.92 Å². The van der Waals surface area contributed by atoms with Gasteiger partial charge < -0.3 is 14.6 Å². The minimum atomic E-state index is -0.219. The molecule has 1 atom stereocenters. The quantitative estimate of drug-likeness (QED) is 0.933. The Labute approximate surface area is 133 Å². The maximum absolute atomic E-state index is 12.3. The molecule has 0 spiro atoms. The van der Waals surface area contributed by atoms with Crippen molar-refractivity contribution in [2.75, 3.05) is 6.61 Å². The summed E-state index contributed by atoms with van der Waals surface area (Å²) in [4.78, 5) is 12.3. The molecule has 0 fully saturated rings. The normalized spacial score (nSPS) is 16.7. The molecule has 3 rings (SSSR count). The van der Waals surface area contributed by atoms with Gasteiger partial charge in [-0.1, -0.05) is 11.6 Å². The highest BCUT2D eigenvalue weighted by Crippen LogP contribution is 2.29. The second-order valence-corrected chi connectivity index (χ2v) is 5.65. The number of ether oxygens (including phenoxy) is 1. The van der Waals surface area contributed by atoms with Crippen molar-refractivity contribution in [1.29, 1.82) is 0 Å². The van der Waals surface area contributed by atoms with Crippen molar-refractivity contribution in [2.45, 2.75) is 26.4 Å². The molecule has 6 nitrogen and oxygen atoms in total. The number of carbonyl (C=O) groups excluding carboxylic acids is 1. The van der Waals surface area contributed by atoms with Gasteiger partial charge in [-0.15, -0.1) is 10.2 Å². The highest BCUT2D eigenvalue weighted by Gasteiger charge is 2.26. The van der Waals surface area contributed by atoms with Gasteiger partial charge in [-0.05, 0) is 37.1 Å². The zero-order valence-electron chi connectivity index (χ0n) is 12.3. The van der Waals surface area contributed by atoms with Crippen LogP contribution in [0.1, 0.15) is 18.3 Å². The molecular weight excluding hydrogens is 304 g/mol. The van der Waals surface area contributed by atoms with Crippen molar-refractivity contribution in [1.82, 2.24) is 20.1 Å². The number of fused-ring (bicyclic) bond motifs is 1. The maximum atomic E-state index is 12.3. The fourth-order valence-electron chi connectivity index (χ4n) is 2.52. The average molecular weight is 321 g/mol. The molecule has 0 aliphatic carbocycles. The molecule has 1 amide bonds. The molecular formula is C15H17ClN4O2. The number of benzene rings is 1. The third-order valence-electron chi connectivity index (χ3n) is 3.76. The standard InChI is InChI=1S/C15H17ClN4O2/c1-2-20-9-18-19-14(20)7-17-15(21)11-5-10-6-12(16)3-4-13(10)22-8-11/h3-4,6,9,11H,2,5,7-8H2,1H3,(H,17,21)/t11-/m1/s1. The number of amides is 1. The van der Waals surface area contributed by atoms with E-state index in [1.54, 1.807) is 12.4 Å². The van der Waals surface area contributed by atoms with Gasteiger partial charge in [0.05, 0.1) is 12.5 Å². The van der Waals surface area contributed by atoms with Crippen molar-refractivity contribution < 1.29 is 9.53 Å². The topological polar surface area (TPSA) is 69.0 Å². The van der Waals surface area contributed by atoms with Gasteiger partial charge in [0, 0.05) is 11.6 Å². The van der Waals surface area contributed by atoms with E-state index in [1.165, 1.54) is 0 Å². The highest BCUT2D eigenvalue weighted by atomic mass is 35.5. The van der Waals surface area contributed by atoms with E-state index in [4.69, 9.17) is 16.3 Å². The minimum absolute atomic E-state index is 0.0451. The first-order valence-corrected chi connectivity index (χ1v) is 7.60. The van der Waals surface area contributed by atoms with Crippen LogP contribution in [0.3, 0.4) is 0 Å². The second kappa shape index (κ2) is 6.36. The van der Waals surface area contributed by atoms with Gasteiger partial charge in [0.15, 0.2) is 5.82 Å². The Morgan fingerprint density at radius 3 is 3.23 bits per heavy atom. The van der Waals surface area contributed by atoms with E-state index in [1.807, 2.05) is 23.6 Å². The number of rotatable bonds is 4. The van der Waals surface area contributed by atoms with Crippen LogP contribution >= 0.6 is 11.6 Å². The van der Waals surface area contributed by atoms with Crippen molar-refractivity contribution >= 4 is 17.5 Å². The lowest BCUT2D eigenvalue weighted by Crippen LogP contribution is -2.37. The molecule has 7 heteroatoms.